The van der Waals surface area contributed by atoms with Gasteiger partial charge in [0.1, 0.15) is 11.3 Å². The van der Waals surface area contributed by atoms with Crippen molar-refractivity contribution in [1.82, 2.24) is 5.32 Å². The van der Waals surface area contributed by atoms with Crippen LogP contribution in [-0.2, 0) is 17.9 Å². The first kappa shape index (κ1) is 19.3. The van der Waals surface area contributed by atoms with Crippen LogP contribution in [0.25, 0.3) is 11.0 Å². The molecule has 0 fully saturated rings. The minimum atomic E-state index is -0.310. The van der Waals surface area contributed by atoms with Crippen LogP contribution in [0.1, 0.15) is 35.5 Å². The Morgan fingerprint density at radius 1 is 1.22 bits per heavy atom. The van der Waals surface area contributed by atoms with Crippen molar-refractivity contribution in [2.45, 2.75) is 33.1 Å². The lowest BCUT2D eigenvalue weighted by molar-refractivity contribution is 0.0643. The van der Waals surface area contributed by atoms with Crippen molar-refractivity contribution in [1.29, 1.82) is 0 Å². The van der Waals surface area contributed by atoms with Crippen LogP contribution in [0.3, 0.4) is 0 Å². The predicted molar refractivity (Wildman–Crippen MR) is 105 cm³/mol. The molecule has 5 nitrogen and oxygen atoms in total. The maximum Gasteiger partial charge on any atom is 0.287 e. The summed E-state index contributed by atoms with van der Waals surface area (Å²) in [5, 5.41) is 4.34. The van der Waals surface area contributed by atoms with Crippen LogP contribution >= 0.6 is 11.6 Å². The van der Waals surface area contributed by atoms with E-state index in [0.29, 0.717) is 23.0 Å². The average Bonchev–Trinajstić information content (AvgIpc) is 3.03. The van der Waals surface area contributed by atoms with E-state index in [9.17, 15) is 4.79 Å². The summed E-state index contributed by atoms with van der Waals surface area (Å²) in [5.74, 6) is 0.612. The van der Waals surface area contributed by atoms with Gasteiger partial charge in [-0.3, -0.25) is 4.79 Å². The third-order valence-electron chi connectivity index (χ3n) is 4.15. The van der Waals surface area contributed by atoms with Gasteiger partial charge < -0.3 is 19.2 Å². The van der Waals surface area contributed by atoms with Crippen LogP contribution < -0.4 is 10.1 Å². The number of carbonyl (C=O) groups excluding carboxylic acids is 1. The van der Waals surface area contributed by atoms with E-state index in [1.807, 2.05) is 38.1 Å². The Hall–Kier alpha value is -2.50. The van der Waals surface area contributed by atoms with Gasteiger partial charge >= 0.3 is 0 Å². The molecule has 0 unspecified atom stereocenters. The van der Waals surface area contributed by atoms with Gasteiger partial charge in [0.25, 0.3) is 5.91 Å². The van der Waals surface area contributed by atoms with Gasteiger partial charge in [0.2, 0.25) is 0 Å². The molecule has 0 bridgehead atoms. The first-order valence-electron chi connectivity index (χ1n) is 8.72. The maximum atomic E-state index is 12.8. The SMILES string of the molecule is COc1ccc(Cl)cc1CNC(=O)c1oc2ccccc2c1COC(C)C. The van der Waals surface area contributed by atoms with Crippen molar-refractivity contribution < 1.29 is 18.7 Å². The molecule has 1 aromatic heterocycles. The first-order chi connectivity index (χ1) is 13.0. The number of ether oxygens (including phenoxy) is 2. The molecule has 0 saturated carbocycles. The summed E-state index contributed by atoms with van der Waals surface area (Å²) >= 11 is 6.05. The summed E-state index contributed by atoms with van der Waals surface area (Å²) in [7, 11) is 1.58. The molecule has 0 saturated heterocycles. The monoisotopic (exact) mass is 387 g/mol. The molecular formula is C21H22ClNO4. The summed E-state index contributed by atoms with van der Waals surface area (Å²) in [6.45, 7) is 4.48. The second kappa shape index (κ2) is 8.46. The molecule has 0 aliphatic carbocycles. The molecule has 2 aromatic carbocycles. The van der Waals surface area contributed by atoms with Gasteiger partial charge in [0.15, 0.2) is 5.76 Å². The molecule has 27 heavy (non-hydrogen) atoms. The summed E-state index contributed by atoms with van der Waals surface area (Å²) < 4.78 is 16.9. The van der Waals surface area contributed by atoms with E-state index >= 15 is 0 Å². The molecule has 1 N–H and O–H groups in total. The predicted octanol–water partition coefficient (Wildman–Crippen LogP) is 4.95. The van der Waals surface area contributed by atoms with Crippen molar-refractivity contribution in [2.75, 3.05) is 7.11 Å². The standard InChI is InChI=1S/C21H22ClNO4/c1-13(2)26-12-17-16-6-4-5-7-19(16)27-20(17)21(24)23-11-14-10-15(22)8-9-18(14)25-3/h4-10,13H,11-12H2,1-3H3,(H,23,24). The number of nitrogens with one attached hydrogen (secondary N) is 1. The highest BCUT2D eigenvalue weighted by Gasteiger charge is 2.21. The molecule has 0 atom stereocenters. The van der Waals surface area contributed by atoms with Crippen molar-refractivity contribution in [3.8, 4) is 5.75 Å². The van der Waals surface area contributed by atoms with Gasteiger partial charge in [-0.15, -0.1) is 0 Å². The Labute approximate surface area is 163 Å². The topological polar surface area (TPSA) is 60.7 Å². The Morgan fingerprint density at radius 2 is 2.00 bits per heavy atom. The zero-order chi connectivity index (χ0) is 19.4. The fraction of sp³-hybridized carbons (Fsp3) is 0.286. The number of halogens is 1. The Morgan fingerprint density at radius 3 is 2.74 bits per heavy atom. The molecule has 0 aliphatic rings. The summed E-state index contributed by atoms with van der Waals surface area (Å²) in [6, 6.07) is 12.8. The average molecular weight is 388 g/mol. The molecule has 0 radical (unpaired) electrons. The highest BCUT2D eigenvalue weighted by atomic mass is 35.5. The number of benzene rings is 2. The van der Waals surface area contributed by atoms with Crippen LogP contribution in [0.4, 0.5) is 0 Å². The quantitative estimate of drug-likeness (QED) is 0.623. The highest BCUT2D eigenvalue weighted by molar-refractivity contribution is 6.30. The molecule has 6 heteroatoms. The summed E-state index contributed by atoms with van der Waals surface area (Å²) in [5.41, 5.74) is 2.19. The van der Waals surface area contributed by atoms with Gasteiger partial charge in [-0.2, -0.15) is 0 Å². The van der Waals surface area contributed by atoms with E-state index in [0.717, 1.165) is 16.5 Å². The number of carbonyl (C=O) groups is 1. The number of hydrogen-bond donors (Lipinski definition) is 1. The number of furan rings is 1. The Bertz CT molecular complexity index is 949. The second-order valence-electron chi connectivity index (χ2n) is 6.40. The molecular weight excluding hydrogens is 366 g/mol. The number of rotatable bonds is 7. The lowest BCUT2D eigenvalue weighted by Crippen LogP contribution is -2.24. The van der Waals surface area contributed by atoms with Crippen molar-refractivity contribution >= 4 is 28.5 Å². The largest absolute Gasteiger partial charge is 0.496 e. The molecule has 0 aliphatic heterocycles. The van der Waals surface area contributed by atoms with Crippen molar-refractivity contribution in [3.63, 3.8) is 0 Å². The van der Waals surface area contributed by atoms with Gasteiger partial charge in [-0.05, 0) is 38.1 Å². The summed E-state index contributed by atoms with van der Waals surface area (Å²) in [6.07, 6.45) is 0.0466. The van der Waals surface area contributed by atoms with E-state index in [1.165, 1.54) is 0 Å². The van der Waals surface area contributed by atoms with Crippen molar-refractivity contribution in [3.05, 3.63) is 64.4 Å². The summed E-state index contributed by atoms with van der Waals surface area (Å²) in [4.78, 5) is 12.8. The van der Waals surface area contributed by atoms with Gasteiger partial charge in [-0.1, -0.05) is 29.8 Å². The van der Waals surface area contributed by atoms with Crippen LogP contribution in [-0.4, -0.2) is 19.1 Å². The number of fused-ring (bicyclic) bond motifs is 1. The van der Waals surface area contributed by atoms with Crippen molar-refractivity contribution in [2.24, 2.45) is 0 Å². The Balaban J connectivity index is 1.85. The van der Waals surface area contributed by atoms with E-state index < -0.39 is 0 Å². The number of hydrogen-bond acceptors (Lipinski definition) is 4. The van der Waals surface area contributed by atoms with E-state index in [1.54, 1.807) is 25.3 Å². The zero-order valence-electron chi connectivity index (χ0n) is 15.5. The number of para-hydroxylation sites is 1. The van der Waals surface area contributed by atoms with Gasteiger partial charge in [0.05, 0.1) is 19.8 Å². The molecule has 3 rings (SSSR count). The first-order valence-corrected chi connectivity index (χ1v) is 9.10. The van der Waals surface area contributed by atoms with Gasteiger partial charge in [-0.25, -0.2) is 0 Å². The third-order valence-corrected chi connectivity index (χ3v) is 4.38. The normalized spacial score (nSPS) is 11.1. The molecule has 1 heterocycles. The lowest BCUT2D eigenvalue weighted by Gasteiger charge is -2.11. The third kappa shape index (κ3) is 4.43. The second-order valence-corrected chi connectivity index (χ2v) is 6.84. The van der Waals surface area contributed by atoms with E-state index in [4.69, 9.17) is 25.5 Å². The zero-order valence-corrected chi connectivity index (χ0v) is 16.3. The minimum Gasteiger partial charge on any atom is -0.496 e. The lowest BCUT2D eigenvalue weighted by atomic mass is 10.1. The van der Waals surface area contributed by atoms with Crippen LogP contribution in [0.2, 0.25) is 5.02 Å². The molecule has 3 aromatic rings. The number of methoxy groups -OCH3 is 1. The fourth-order valence-electron chi connectivity index (χ4n) is 2.82. The minimum absolute atomic E-state index is 0.0466. The van der Waals surface area contributed by atoms with Crippen LogP contribution in [0.5, 0.6) is 5.75 Å². The van der Waals surface area contributed by atoms with Crippen LogP contribution in [0.15, 0.2) is 46.9 Å². The fourth-order valence-corrected chi connectivity index (χ4v) is 3.01. The van der Waals surface area contributed by atoms with E-state index in [-0.39, 0.29) is 24.3 Å². The molecule has 1 amide bonds. The molecule has 0 spiro atoms. The van der Waals surface area contributed by atoms with E-state index in [2.05, 4.69) is 5.32 Å². The highest BCUT2D eigenvalue weighted by Crippen LogP contribution is 2.27. The smallest absolute Gasteiger partial charge is 0.287 e. The molecule has 142 valence electrons. The van der Waals surface area contributed by atoms with Gasteiger partial charge in [0, 0.05) is 28.1 Å². The maximum absolute atomic E-state index is 12.8. The van der Waals surface area contributed by atoms with Crippen LogP contribution in [0, 0.1) is 0 Å². The number of amides is 1. The Kier molecular flexibility index (Phi) is 6.04.